The first-order valence-corrected chi connectivity index (χ1v) is 10.5. The predicted octanol–water partition coefficient (Wildman–Crippen LogP) is -2.96. The number of carbonyl (C=O) groups excluding carboxylic acids is 2. The number of esters is 2. The molecule has 10 unspecified atom stereocenters. The molecule has 0 aromatic carbocycles. The van der Waals surface area contributed by atoms with Crippen LogP contribution in [0, 0.1) is 5.92 Å². The molecule has 1 aliphatic carbocycles. The monoisotopic (exact) mass is 478 g/mol. The fourth-order valence-electron chi connectivity index (χ4n) is 4.55. The third kappa shape index (κ3) is 4.35. The molecule has 0 bridgehead atoms. The number of methoxy groups -OCH3 is 1. The number of ether oxygens (including phenoxy) is 5. The van der Waals surface area contributed by atoms with Crippen LogP contribution >= 0.6 is 0 Å². The summed E-state index contributed by atoms with van der Waals surface area (Å²) >= 11 is 0. The van der Waals surface area contributed by atoms with Gasteiger partial charge < -0.3 is 54.3 Å². The summed E-state index contributed by atoms with van der Waals surface area (Å²) in [4.78, 5) is 24.2. The van der Waals surface area contributed by atoms with Gasteiger partial charge in [-0.05, 0) is 6.92 Å². The van der Waals surface area contributed by atoms with E-state index in [-0.39, 0.29) is 12.0 Å². The van der Waals surface area contributed by atoms with Crippen molar-refractivity contribution in [3.05, 3.63) is 11.8 Å². The van der Waals surface area contributed by atoms with Crippen LogP contribution in [0.15, 0.2) is 11.8 Å². The maximum atomic E-state index is 12.3. The molecule has 1 saturated carbocycles. The van der Waals surface area contributed by atoms with E-state index in [1.54, 1.807) is 6.92 Å². The van der Waals surface area contributed by atoms with Crippen LogP contribution in [0.2, 0.25) is 0 Å². The molecule has 1 saturated heterocycles. The number of aliphatic hydroxyl groups is 6. The summed E-state index contributed by atoms with van der Waals surface area (Å²) in [6, 6.07) is 0. The van der Waals surface area contributed by atoms with Crippen LogP contribution < -0.4 is 0 Å². The van der Waals surface area contributed by atoms with Crippen molar-refractivity contribution in [2.45, 2.75) is 81.0 Å². The number of fused-ring (bicyclic) bond motifs is 1. The lowest BCUT2D eigenvalue weighted by Crippen LogP contribution is -2.62. The molecule has 0 spiro atoms. The average molecular weight is 478 g/mol. The summed E-state index contributed by atoms with van der Waals surface area (Å²) < 4.78 is 26.4. The molecule has 0 radical (unpaired) electrons. The summed E-state index contributed by atoms with van der Waals surface area (Å²) in [5, 5.41) is 62.4. The van der Waals surface area contributed by atoms with Crippen molar-refractivity contribution >= 4 is 11.9 Å². The molecule has 13 nitrogen and oxygen atoms in total. The molecule has 33 heavy (non-hydrogen) atoms. The van der Waals surface area contributed by atoms with E-state index in [1.165, 1.54) is 6.92 Å². The van der Waals surface area contributed by atoms with E-state index in [9.17, 15) is 40.2 Å². The van der Waals surface area contributed by atoms with Gasteiger partial charge in [0.05, 0.1) is 25.9 Å². The summed E-state index contributed by atoms with van der Waals surface area (Å²) in [7, 11) is 1.08. The topological polar surface area (TPSA) is 202 Å². The molecule has 3 rings (SSSR count). The van der Waals surface area contributed by atoms with Crippen LogP contribution in [0.4, 0.5) is 0 Å². The quantitative estimate of drug-likeness (QED) is 0.212. The van der Waals surface area contributed by atoms with Crippen LogP contribution in [-0.2, 0) is 33.3 Å². The highest BCUT2D eigenvalue weighted by molar-refractivity contribution is 5.91. The zero-order chi connectivity index (χ0) is 24.7. The molecule has 0 amide bonds. The lowest BCUT2D eigenvalue weighted by Gasteiger charge is -2.46. The highest BCUT2D eigenvalue weighted by Gasteiger charge is 2.69. The minimum atomic E-state index is -2.13. The fraction of sp³-hybridized carbons (Fsp3) is 0.800. The molecule has 2 heterocycles. The lowest BCUT2D eigenvalue weighted by molar-refractivity contribution is -0.352. The normalized spacial score (nSPS) is 44.9. The zero-order valence-electron chi connectivity index (χ0n) is 18.4. The first kappa shape index (κ1) is 25.8. The van der Waals surface area contributed by atoms with Gasteiger partial charge in [0.1, 0.15) is 47.3 Å². The number of carbonyl (C=O) groups is 2. The summed E-state index contributed by atoms with van der Waals surface area (Å²) in [5.74, 6) is -3.06. The van der Waals surface area contributed by atoms with E-state index >= 15 is 0 Å². The highest BCUT2D eigenvalue weighted by Crippen LogP contribution is 2.53. The molecule has 0 aromatic rings. The molecule has 6 N–H and O–H groups in total. The third-order valence-corrected chi connectivity index (χ3v) is 6.44. The van der Waals surface area contributed by atoms with E-state index in [0.29, 0.717) is 0 Å². The van der Waals surface area contributed by atoms with E-state index in [4.69, 9.17) is 23.7 Å². The van der Waals surface area contributed by atoms with Gasteiger partial charge in [-0.2, -0.15) is 0 Å². The van der Waals surface area contributed by atoms with Crippen molar-refractivity contribution in [1.29, 1.82) is 0 Å². The minimum absolute atomic E-state index is 0.00330. The Balaban J connectivity index is 1.95. The van der Waals surface area contributed by atoms with Crippen molar-refractivity contribution < 1.29 is 63.9 Å². The molecular weight excluding hydrogens is 448 g/mol. The Labute approximate surface area is 189 Å². The summed E-state index contributed by atoms with van der Waals surface area (Å²) in [5.41, 5.74) is -4.47. The van der Waals surface area contributed by atoms with Gasteiger partial charge in [-0.3, -0.25) is 4.79 Å². The van der Waals surface area contributed by atoms with E-state index < -0.39 is 85.2 Å². The van der Waals surface area contributed by atoms with Gasteiger partial charge in [0.2, 0.25) is 6.29 Å². The van der Waals surface area contributed by atoms with Gasteiger partial charge in [-0.15, -0.1) is 0 Å². The molecule has 10 atom stereocenters. The lowest BCUT2D eigenvalue weighted by atomic mass is 9.77. The minimum Gasteiger partial charge on any atom is -0.471 e. The van der Waals surface area contributed by atoms with Gasteiger partial charge in [0.15, 0.2) is 6.29 Å². The maximum absolute atomic E-state index is 12.3. The first-order chi connectivity index (χ1) is 15.4. The van der Waals surface area contributed by atoms with Gasteiger partial charge in [0.25, 0.3) is 0 Å². The van der Waals surface area contributed by atoms with Crippen molar-refractivity contribution in [2.24, 2.45) is 5.92 Å². The second-order valence-corrected chi connectivity index (χ2v) is 8.52. The summed E-state index contributed by atoms with van der Waals surface area (Å²) in [6.45, 7) is 2.10. The SMILES string of the molecule is CCC(=O)OC1CC2(O)C(C(=O)OC)=COC(OC3OC(CO)C(O)C(O)C3O)C2C1(C)O. The van der Waals surface area contributed by atoms with Crippen LogP contribution in [0.3, 0.4) is 0 Å². The number of hydrogen-bond donors (Lipinski definition) is 6. The largest absolute Gasteiger partial charge is 0.471 e. The van der Waals surface area contributed by atoms with Crippen molar-refractivity contribution in [2.75, 3.05) is 13.7 Å². The molecule has 2 aliphatic heterocycles. The van der Waals surface area contributed by atoms with E-state index in [2.05, 4.69) is 0 Å². The molecule has 188 valence electrons. The van der Waals surface area contributed by atoms with Crippen molar-refractivity contribution in [3.63, 3.8) is 0 Å². The third-order valence-electron chi connectivity index (χ3n) is 6.44. The Kier molecular flexibility index (Phi) is 7.36. The number of rotatable bonds is 6. The number of hydrogen-bond acceptors (Lipinski definition) is 13. The van der Waals surface area contributed by atoms with Gasteiger partial charge >= 0.3 is 11.9 Å². The Morgan fingerprint density at radius 3 is 2.39 bits per heavy atom. The highest BCUT2D eigenvalue weighted by atomic mass is 16.8. The van der Waals surface area contributed by atoms with Crippen LogP contribution in [0.25, 0.3) is 0 Å². The molecule has 13 heteroatoms. The van der Waals surface area contributed by atoms with Gasteiger partial charge in [-0.25, -0.2) is 4.79 Å². The maximum Gasteiger partial charge on any atom is 0.339 e. The Bertz CT molecular complexity index is 780. The smallest absolute Gasteiger partial charge is 0.339 e. The molecular formula is C20H30O13. The van der Waals surface area contributed by atoms with Crippen LogP contribution in [0.1, 0.15) is 26.7 Å². The first-order valence-electron chi connectivity index (χ1n) is 10.5. The van der Waals surface area contributed by atoms with Gasteiger partial charge in [0, 0.05) is 12.8 Å². The zero-order valence-corrected chi connectivity index (χ0v) is 18.4. The van der Waals surface area contributed by atoms with Crippen molar-refractivity contribution in [1.82, 2.24) is 0 Å². The average Bonchev–Trinajstić information content (AvgIpc) is 2.98. The van der Waals surface area contributed by atoms with Gasteiger partial charge in [-0.1, -0.05) is 6.92 Å². The van der Waals surface area contributed by atoms with Crippen molar-refractivity contribution in [3.8, 4) is 0 Å². The van der Waals surface area contributed by atoms with Crippen LogP contribution in [-0.4, -0.2) is 111 Å². The Hall–Kier alpha value is -1.84. The Morgan fingerprint density at radius 1 is 1.15 bits per heavy atom. The molecule has 3 aliphatic rings. The van der Waals surface area contributed by atoms with Crippen LogP contribution in [0.5, 0.6) is 0 Å². The van der Waals surface area contributed by atoms with E-state index in [0.717, 1.165) is 13.4 Å². The second kappa shape index (κ2) is 9.43. The Morgan fingerprint density at radius 2 is 1.82 bits per heavy atom. The standard InChI is InChI=1S/C20H30O13/c1-4-11(22)32-10-5-20(28)8(16(26)29-3)7-30-18(15(20)19(10,2)27)33-17-14(25)13(24)12(23)9(6-21)31-17/h7,9-10,12-15,17-18,21,23-25,27-28H,4-6H2,1-3H3. The number of aliphatic hydroxyl groups excluding tert-OH is 4. The molecule has 2 fully saturated rings. The predicted molar refractivity (Wildman–Crippen MR) is 104 cm³/mol. The second-order valence-electron chi connectivity index (χ2n) is 8.52. The summed E-state index contributed by atoms with van der Waals surface area (Å²) in [6.07, 6.45) is -10.5. The van der Waals surface area contributed by atoms with E-state index in [1.807, 2.05) is 0 Å². The fourth-order valence-corrected chi connectivity index (χ4v) is 4.55. The molecule has 0 aromatic heterocycles.